The molecule has 9 nitrogen and oxygen atoms in total. The quantitative estimate of drug-likeness (QED) is 0.574. The van der Waals surface area contributed by atoms with Crippen LogP contribution in [0.1, 0.15) is 46.4 Å². The largest absolute Gasteiger partial charge is 0.450 e. The molecule has 3 aromatic rings. The fourth-order valence-electron chi connectivity index (χ4n) is 3.65. The Hall–Kier alpha value is -3.10. The minimum Gasteiger partial charge on any atom is -0.450 e. The molecule has 1 amide bonds. The number of piperidine rings is 1. The molecule has 0 radical (unpaired) electrons. The average Bonchev–Trinajstić information content (AvgIpc) is 3.34. The standard InChI is InChI=1S/C22H29N4O5/c1-5-28-26-11-8-17-16(14-26)13-18(29-17)20-23-19(24-31-20)12-15-6-9-25(10-7-15)21(27)30-22(2,3)4/h8,11,13-15H,5-7,9-10,12H2,1-4H3/q+1. The van der Waals surface area contributed by atoms with E-state index in [4.69, 9.17) is 18.5 Å². The monoisotopic (exact) mass is 429 g/mol. The topological polar surface area (TPSA) is 94.7 Å². The lowest BCUT2D eigenvalue weighted by atomic mass is 9.93. The van der Waals surface area contributed by atoms with Gasteiger partial charge in [0.25, 0.3) is 5.89 Å². The van der Waals surface area contributed by atoms with Gasteiger partial charge in [-0.2, -0.15) is 4.98 Å². The summed E-state index contributed by atoms with van der Waals surface area (Å²) in [5.41, 5.74) is 0.245. The number of rotatable bonds is 5. The molecule has 0 atom stereocenters. The summed E-state index contributed by atoms with van der Waals surface area (Å²) < 4.78 is 18.4. The van der Waals surface area contributed by atoms with Crippen molar-refractivity contribution in [2.45, 2.75) is 52.6 Å². The second-order valence-corrected chi connectivity index (χ2v) is 8.78. The second-order valence-electron chi connectivity index (χ2n) is 8.78. The number of likely N-dealkylation sites (tertiary alicyclic amines) is 1. The van der Waals surface area contributed by atoms with Crippen molar-refractivity contribution in [3.8, 4) is 11.7 Å². The number of carbonyl (C=O) groups is 1. The summed E-state index contributed by atoms with van der Waals surface area (Å²) in [5.74, 6) is 1.93. The minimum absolute atomic E-state index is 0.247. The maximum Gasteiger partial charge on any atom is 0.410 e. The maximum absolute atomic E-state index is 12.2. The first-order valence-corrected chi connectivity index (χ1v) is 10.7. The summed E-state index contributed by atoms with van der Waals surface area (Å²) >= 11 is 0. The number of hydrogen-bond acceptors (Lipinski definition) is 7. The number of furan rings is 1. The van der Waals surface area contributed by atoms with Crippen LogP contribution in [0, 0.1) is 5.92 Å². The third-order valence-electron chi connectivity index (χ3n) is 5.12. The maximum atomic E-state index is 12.2. The zero-order valence-electron chi connectivity index (χ0n) is 18.5. The van der Waals surface area contributed by atoms with Gasteiger partial charge < -0.3 is 18.6 Å². The molecule has 0 saturated carbocycles. The molecule has 1 saturated heterocycles. The predicted molar refractivity (Wildman–Crippen MR) is 111 cm³/mol. The number of nitrogens with zero attached hydrogens (tertiary/aromatic N) is 4. The molecular formula is C22H29N4O5+. The lowest BCUT2D eigenvalue weighted by molar-refractivity contribution is -0.890. The Bertz CT molecular complexity index is 1040. The SMILES string of the molecule is CCO[n+]1ccc2oc(-c3nc(CC4CCN(C(=O)OC(C)(C)C)CC4)no3)cc2c1. The van der Waals surface area contributed by atoms with Crippen molar-refractivity contribution in [1.29, 1.82) is 0 Å². The summed E-state index contributed by atoms with van der Waals surface area (Å²) in [5, 5.41) is 5.01. The first-order valence-electron chi connectivity index (χ1n) is 10.7. The van der Waals surface area contributed by atoms with Crippen LogP contribution in [0.5, 0.6) is 0 Å². The van der Waals surface area contributed by atoms with E-state index in [9.17, 15) is 4.79 Å². The van der Waals surface area contributed by atoms with Crippen molar-refractivity contribution in [3.05, 3.63) is 30.4 Å². The number of pyridine rings is 1. The highest BCUT2D eigenvalue weighted by molar-refractivity contribution is 5.79. The summed E-state index contributed by atoms with van der Waals surface area (Å²) in [6, 6.07) is 3.70. The highest BCUT2D eigenvalue weighted by Gasteiger charge is 2.28. The Morgan fingerprint density at radius 2 is 2.10 bits per heavy atom. The zero-order valence-corrected chi connectivity index (χ0v) is 18.5. The van der Waals surface area contributed by atoms with E-state index in [1.165, 1.54) is 0 Å². The van der Waals surface area contributed by atoms with Gasteiger partial charge in [0.2, 0.25) is 12.4 Å². The number of ether oxygens (including phenoxy) is 1. The third-order valence-corrected chi connectivity index (χ3v) is 5.12. The van der Waals surface area contributed by atoms with Crippen molar-refractivity contribution in [2.24, 2.45) is 5.92 Å². The number of carbonyl (C=O) groups excluding carboxylic acids is 1. The van der Waals surface area contributed by atoms with Gasteiger partial charge in [-0.3, -0.25) is 4.84 Å². The number of hydrogen-bond donors (Lipinski definition) is 0. The number of aromatic nitrogens is 3. The molecule has 0 bridgehead atoms. The minimum atomic E-state index is -0.477. The van der Waals surface area contributed by atoms with E-state index >= 15 is 0 Å². The first-order chi connectivity index (χ1) is 14.8. The van der Waals surface area contributed by atoms with Crippen LogP contribution in [0.2, 0.25) is 0 Å². The Balaban J connectivity index is 1.36. The Morgan fingerprint density at radius 1 is 1.32 bits per heavy atom. The van der Waals surface area contributed by atoms with Crippen LogP contribution >= 0.6 is 0 Å². The highest BCUT2D eigenvalue weighted by Crippen LogP contribution is 2.27. The summed E-state index contributed by atoms with van der Waals surface area (Å²) in [7, 11) is 0. The second kappa shape index (κ2) is 8.56. The molecule has 4 heterocycles. The lowest BCUT2D eigenvalue weighted by Gasteiger charge is -2.33. The molecule has 4 rings (SSSR count). The molecule has 0 aliphatic carbocycles. The summed E-state index contributed by atoms with van der Waals surface area (Å²) in [6.07, 6.45) is 5.86. The van der Waals surface area contributed by atoms with Crippen molar-refractivity contribution >= 4 is 17.1 Å². The Kier molecular flexibility index (Phi) is 5.84. The van der Waals surface area contributed by atoms with Gasteiger partial charge in [0, 0.05) is 30.3 Å². The van der Waals surface area contributed by atoms with Crippen LogP contribution in [-0.2, 0) is 11.2 Å². The van der Waals surface area contributed by atoms with E-state index in [0.29, 0.717) is 49.5 Å². The molecule has 0 spiro atoms. The van der Waals surface area contributed by atoms with Crippen LogP contribution in [0.15, 0.2) is 33.5 Å². The van der Waals surface area contributed by atoms with E-state index in [2.05, 4.69) is 10.1 Å². The van der Waals surface area contributed by atoms with Crippen LogP contribution < -0.4 is 9.57 Å². The molecule has 0 N–H and O–H groups in total. The van der Waals surface area contributed by atoms with Gasteiger partial charge in [0.1, 0.15) is 11.2 Å². The van der Waals surface area contributed by atoms with Crippen LogP contribution in [0.25, 0.3) is 22.6 Å². The van der Waals surface area contributed by atoms with Gasteiger partial charge in [-0.1, -0.05) is 5.16 Å². The van der Waals surface area contributed by atoms with E-state index < -0.39 is 5.60 Å². The van der Waals surface area contributed by atoms with E-state index in [1.54, 1.807) is 15.8 Å². The summed E-state index contributed by atoms with van der Waals surface area (Å²) in [4.78, 5) is 24.0. The molecule has 1 aliphatic rings. The molecule has 1 fully saturated rings. The van der Waals surface area contributed by atoms with Gasteiger partial charge in [-0.15, -0.1) is 0 Å². The predicted octanol–water partition coefficient (Wildman–Crippen LogP) is 3.41. The Labute approximate surface area is 180 Å². The van der Waals surface area contributed by atoms with Gasteiger partial charge in [-0.25, -0.2) is 4.79 Å². The fraction of sp³-hybridized carbons (Fsp3) is 0.545. The molecular weight excluding hydrogens is 400 g/mol. The van der Waals surface area contributed by atoms with E-state index in [1.807, 2.05) is 46.0 Å². The van der Waals surface area contributed by atoms with Gasteiger partial charge in [0.15, 0.2) is 18.2 Å². The molecule has 166 valence electrons. The average molecular weight is 429 g/mol. The van der Waals surface area contributed by atoms with Crippen LogP contribution in [0.3, 0.4) is 0 Å². The van der Waals surface area contributed by atoms with E-state index in [0.717, 1.165) is 23.8 Å². The smallest absolute Gasteiger partial charge is 0.410 e. The van der Waals surface area contributed by atoms with Crippen molar-refractivity contribution < 1.29 is 28.0 Å². The van der Waals surface area contributed by atoms with Crippen molar-refractivity contribution in [1.82, 2.24) is 15.0 Å². The molecule has 3 aromatic heterocycles. The van der Waals surface area contributed by atoms with Gasteiger partial charge in [0.05, 0.1) is 11.5 Å². The summed E-state index contributed by atoms with van der Waals surface area (Å²) in [6.45, 7) is 9.49. The normalized spacial score (nSPS) is 15.4. The number of amides is 1. The van der Waals surface area contributed by atoms with Crippen LogP contribution in [0.4, 0.5) is 4.79 Å². The zero-order chi connectivity index (χ0) is 22.0. The van der Waals surface area contributed by atoms with Crippen molar-refractivity contribution in [3.63, 3.8) is 0 Å². The fourth-order valence-corrected chi connectivity index (χ4v) is 3.65. The van der Waals surface area contributed by atoms with Crippen molar-refractivity contribution in [2.75, 3.05) is 19.7 Å². The lowest BCUT2D eigenvalue weighted by Crippen LogP contribution is -2.42. The van der Waals surface area contributed by atoms with Gasteiger partial charge in [-0.05, 0) is 46.5 Å². The highest BCUT2D eigenvalue weighted by atomic mass is 16.7. The first kappa shape index (κ1) is 21.1. The number of fused-ring (bicyclic) bond motifs is 1. The molecule has 1 aliphatic heterocycles. The molecule has 31 heavy (non-hydrogen) atoms. The Morgan fingerprint density at radius 3 is 2.81 bits per heavy atom. The molecule has 9 heteroatoms. The molecule has 0 unspecified atom stereocenters. The third kappa shape index (κ3) is 5.15. The van der Waals surface area contributed by atoms with E-state index in [-0.39, 0.29) is 6.09 Å². The van der Waals surface area contributed by atoms with Crippen LogP contribution in [-0.4, -0.2) is 46.4 Å². The van der Waals surface area contributed by atoms with Gasteiger partial charge >= 0.3 is 6.09 Å². The molecule has 0 aromatic carbocycles.